The van der Waals surface area contributed by atoms with E-state index in [2.05, 4.69) is 4.98 Å². The Balaban J connectivity index is 2.37. The maximum atomic E-state index is 13.1. The Morgan fingerprint density at radius 2 is 2.29 bits per heavy atom. The minimum Gasteiger partial charge on any atom is -0.291 e. The van der Waals surface area contributed by atoms with Crippen LogP contribution in [0, 0.1) is 12.7 Å². The number of alkyl halides is 1. The molecule has 0 aliphatic rings. The number of carbonyl (C=O) groups is 1. The predicted octanol–water partition coefficient (Wildman–Crippen LogP) is 3.68. The van der Waals surface area contributed by atoms with Gasteiger partial charge >= 0.3 is 0 Å². The highest BCUT2D eigenvalue weighted by molar-refractivity contribution is 7.13. The molecule has 2 aromatic rings. The van der Waals surface area contributed by atoms with Crippen LogP contribution in [0.2, 0.25) is 0 Å². The SMILES string of the molecule is Cc1cc(-c2nc(C(=O)CCl)cs2)ccc1F. The van der Waals surface area contributed by atoms with E-state index in [1.165, 1.54) is 17.4 Å². The average Bonchev–Trinajstić information content (AvgIpc) is 2.81. The van der Waals surface area contributed by atoms with Crippen molar-refractivity contribution in [3.05, 3.63) is 40.7 Å². The van der Waals surface area contributed by atoms with Gasteiger partial charge in [0.15, 0.2) is 5.78 Å². The summed E-state index contributed by atoms with van der Waals surface area (Å²) in [4.78, 5) is 15.5. The van der Waals surface area contributed by atoms with Crippen LogP contribution in [0.1, 0.15) is 16.1 Å². The normalized spacial score (nSPS) is 10.5. The van der Waals surface area contributed by atoms with E-state index in [9.17, 15) is 9.18 Å². The first-order chi connectivity index (χ1) is 8.11. The predicted molar refractivity (Wildman–Crippen MR) is 67.3 cm³/mol. The second-order valence-corrected chi connectivity index (χ2v) is 4.68. The number of hydrogen-bond donors (Lipinski definition) is 0. The van der Waals surface area contributed by atoms with Crippen molar-refractivity contribution in [3.63, 3.8) is 0 Å². The van der Waals surface area contributed by atoms with Crippen molar-refractivity contribution in [3.8, 4) is 10.6 Å². The van der Waals surface area contributed by atoms with E-state index in [1.807, 2.05) is 0 Å². The first-order valence-corrected chi connectivity index (χ1v) is 6.34. The minimum absolute atomic E-state index is 0.0778. The monoisotopic (exact) mass is 269 g/mol. The summed E-state index contributed by atoms with van der Waals surface area (Å²) in [6.07, 6.45) is 0. The molecular weight excluding hydrogens is 261 g/mol. The molecule has 0 radical (unpaired) electrons. The zero-order chi connectivity index (χ0) is 12.4. The van der Waals surface area contributed by atoms with Gasteiger partial charge in [-0.1, -0.05) is 0 Å². The summed E-state index contributed by atoms with van der Waals surface area (Å²) >= 11 is 6.80. The number of aromatic nitrogens is 1. The molecule has 1 aromatic carbocycles. The first-order valence-electron chi connectivity index (χ1n) is 4.93. The van der Waals surface area contributed by atoms with Gasteiger partial charge in [-0.05, 0) is 30.7 Å². The minimum atomic E-state index is -0.248. The molecular formula is C12H9ClFNOS. The van der Waals surface area contributed by atoms with Crippen molar-refractivity contribution in [2.45, 2.75) is 6.92 Å². The summed E-state index contributed by atoms with van der Waals surface area (Å²) in [5.41, 5.74) is 1.73. The molecule has 0 atom stereocenters. The smallest absolute Gasteiger partial charge is 0.196 e. The Hall–Kier alpha value is -1.26. The molecule has 2 nitrogen and oxygen atoms in total. The van der Waals surface area contributed by atoms with Gasteiger partial charge < -0.3 is 0 Å². The van der Waals surface area contributed by atoms with Crippen LogP contribution in [-0.4, -0.2) is 16.6 Å². The van der Waals surface area contributed by atoms with Gasteiger partial charge in [-0.25, -0.2) is 9.37 Å². The highest BCUT2D eigenvalue weighted by atomic mass is 35.5. The summed E-state index contributed by atoms with van der Waals surface area (Å²) in [5.74, 6) is -0.526. The Morgan fingerprint density at radius 1 is 1.53 bits per heavy atom. The molecule has 0 amide bonds. The van der Waals surface area contributed by atoms with Crippen LogP contribution >= 0.6 is 22.9 Å². The van der Waals surface area contributed by atoms with Gasteiger partial charge in [0.25, 0.3) is 0 Å². The second-order valence-electron chi connectivity index (χ2n) is 3.56. The Labute approximate surface area is 107 Å². The first kappa shape index (κ1) is 12.2. The number of hydrogen-bond acceptors (Lipinski definition) is 3. The van der Waals surface area contributed by atoms with Gasteiger partial charge in [0, 0.05) is 10.9 Å². The fourth-order valence-electron chi connectivity index (χ4n) is 1.38. The molecule has 0 aliphatic carbocycles. The fraction of sp³-hybridized carbons (Fsp3) is 0.167. The van der Waals surface area contributed by atoms with E-state index in [0.717, 1.165) is 5.56 Å². The summed E-state index contributed by atoms with van der Waals surface area (Å²) in [6, 6.07) is 4.76. The molecule has 0 N–H and O–H groups in total. The molecule has 0 saturated carbocycles. The third-order valence-corrected chi connectivity index (χ3v) is 3.45. The standard InChI is InChI=1S/C12H9ClFNOS/c1-7-4-8(2-3-9(7)14)12-15-10(6-17-12)11(16)5-13/h2-4,6H,5H2,1H3. The zero-order valence-electron chi connectivity index (χ0n) is 9.04. The summed E-state index contributed by atoms with van der Waals surface area (Å²) in [7, 11) is 0. The Kier molecular flexibility index (Phi) is 3.54. The zero-order valence-corrected chi connectivity index (χ0v) is 10.6. The third kappa shape index (κ3) is 2.53. The molecule has 0 bridgehead atoms. The maximum absolute atomic E-state index is 13.1. The molecule has 0 saturated heterocycles. The van der Waals surface area contributed by atoms with E-state index in [0.29, 0.717) is 16.3 Å². The largest absolute Gasteiger partial charge is 0.291 e. The van der Waals surface area contributed by atoms with E-state index in [4.69, 9.17) is 11.6 Å². The maximum Gasteiger partial charge on any atom is 0.196 e. The average molecular weight is 270 g/mol. The van der Waals surface area contributed by atoms with E-state index >= 15 is 0 Å². The number of ketones is 1. The number of benzene rings is 1. The molecule has 17 heavy (non-hydrogen) atoms. The third-order valence-electron chi connectivity index (χ3n) is 2.32. The van der Waals surface area contributed by atoms with Gasteiger partial charge in [-0.15, -0.1) is 22.9 Å². The van der Waals surface area contributed by atoms with E-state index < -0.39 is 0 Å². The number of nitrogens with zero attached hydrogens (tertiary/aromatic N) is 1. The van der Waals surface area contributed by atoms with Crippen LogP contribution in [0.15, 0.2) is 23.6 Å². The lowest BCUT2D eigenvalue weighted by Crippen LogP contribution is -2.00. The van der Waals surface area contributed by atoms with Crippen LogP contribution in [0.4, 0.5) is 4.39 Å². The second kappa shape index (κ2) is 4.94. The lowest BCUT2D eigenvalue weighted by Gasteiger charge is -1.99. The van der Waals surface area contributed by atoms with Gasteiger partial charge in [0.2, 0.25) is 0 Å². The molecule has 1 heterocycles. The highest BCUT2D eigenvalue weighted by Crippen LogP contribution is 2.25. The quantitative estimate of drug-likeness (QED) is 0.628. The number of rotatable bonds is 3. The van der Waals surface area contributed by atoms with Gasteiger partial charge in [0.1, 0.15) is 16.5 Å². The van der Waals surface area contributed by atoms with Crippen molar-refractivity contribution in [2.24, 2.45) is 0 Å². The van der Waals surface area contributed by atoms with Crippen LogP contribution in [0.5, 0.6) is 0 Å². The molecule has 88 valence electrons. The number of halogens is 2. The van der Waals surface area contributed by atoms with Crippen LogP contribution in [0.25, 0.3) is 10.6 Å². The van der Waals surface area contributed by atoms with Gasteiger partial charge in [0.05, 0.1) is 5.88 Å². The van der Waals surface area contributed by atoms with Gasteiger partial charge in [-0.2, -0.15) is 0 Å². The summed E-state index contributed by atoms with van der Waals surface area (Å²) < 4.78 is 13.1. The number of aryl methyl sites for hydroxylation is 1. The fourth-order valence-corrected chi connectivity index (χ4v) is 2.34. The van der Waals surface area contributed by atoms with Crippen molar-refractivity contribution in [2.75, 3.05) is 5.88 Å². The van der Waals surface area contributed by atoms with Crippen LogP contribution in [0.3, 0.4) is 0 Å². The highest BCUT2D eigenvalue weighted by Gasteiger charge is 2.11. The number of Topliss-reactive ketones (excluding diaryl/α,β-unsaturated/α-hetero) is 1. The summed E-state index contributed by atoms with van der Waals surface area (Å²) in [6.45, 7) is 1.69. The van der Waals surface area contributed by atoms with Crippen LogP contribution < -0.4 is 0 Å². The Morgan fingerprint density at radius 3 is 2.94 bits per heavy atom. The van der Waals surface area contributed by atoms with Crippen molar-refractivity contribution in [1.82, 2.24) is 4.98 Å². The van der Waals surface area contributed by atoms with Crippen molar-refractivity contribution >= 4 is 28.7 Å². The number of thiazole rings is 1. The molecule has 0 unspecified atom stereocenters. The van der Waals surface area contributed by atoms with Crippen molar-refractivity contribution < 1.29 is 9.18 Å². The number of carbonyl (C=O) groups excluding carboxylic acids is 1. The molecule has 0 fully saturated rings. The topological polar surface area (TPSA) is 30.0 Å². The lowest BCUT2D eigenvalue weighted by molar-refractivity contribution is 0.101. The lowest BCUT2D eigenvalue weighted by atomic mass is 10.1. The molecule has 0 aliphatic heterocycles. The van der Waals surface area contributed by atoms with E-state index in [1.54, 1.807) is 24.4 Å². The van der Waals surface area contributed by atoms with Crippen LogP contribution in [-0.2, 0) is 0 Å². The molecule has 5 heteroatoms. The molecule has 2 rings (SSSR count). The molecule has 0 spiro atoms. The summed E-state index contributed by atoms with van der Waals surface area (Å²) in [5, 5.41) is 2.36. The van der Waals surface area contributed by atoms with E-state index in [-0.39, 0.29) is 17.5 Å². The van der Waals surface area contributed by atoms with Gasteiger partial charge in [-0.3, -0.25) is 4.79 Å². The molecule has 1 aromatic heterocycles. The Bertz CT molecular complexity index is 567. The van der Waals surface area contributed by atoms with Crippen molar-refractivity contribution in [1.29, 1.82) is 0 Å².